The van der Waals surface area contributed by atoms with Crippen molar-refractivity contribution in [2.24, 2.45) is 5.41 Å². The third kappa shape index (κ3) is 3.95. The number of β-amino-alcohol motifs (C(OH)–C–C–N with tert-alkyl or cyclic N) is 1. The van der Waals surface area contributed by atoms with Crippen molar-refractivity contribution >= 4 is 11.7 Å². The van der Waals surface area contributed by atoms with Crippen LogP contribution in [0.25, 0.3) is 5.82 Å². The topological polar surface area (TPSA) is 117 Å². The third-order valence-electron chi connectivity index (χ3n) is 7.03. The molecule has 1 atom stereocenters. The van der Waals surface area contributed by atoms with Gasteiger partial charge < -0.3 is 14.9 Å². The van der Waals surface area contributed by atoms with E-state index in [2.05, 4.69) is 25.4 Å². The summed E-state index contributed by atoms with van der Waals surface area (Å²) in [5.41, 5.74) is 2.41. The second kappa shape index (κ2) is 8.18. The number of tetrazole rings is 1. The number of nitrogens with zero attached hydrogens (tertiary/aromatic N) is 7. The summed E-state index contributed by atoms with van der Waals surface area (Å²) < 4.78 is 1.48. The van der Waals surface area contributed by atoms with Gasteiger partial charge in [0.1, 0.15) is 6.33 Å². The Bertz CT molecular complexity index is 1060. The lowest BCUT2D eigenvalue weighted by molar-refractivity contribution is -0.126. The Kier molecular flexibility index (Phi) is 5.34. The highest BCUT2D eigenvalue weighted by molar-refractivity contribution is 5.94. The number of ketones is 1. The van der Waals surface area contributed by atoms with Gasteiger partial charge in [-0.15, -0.1) is 5.10 Å². The maximum Gasteiger partial charge on any atom is 0.227 e. The van der Waals surface area contributed by atoms with Crippen LogP contribution in [0.4, 0.5) is 0 Å². The van der Waals surface area contributed by atoms with Crippen LogP contribution in [0.5, 0.6) is 0 Å². The summed E-state index contributed by atoms with van der Waals surface area (Å²) in [7, 11) is 0. The van der Waals surface area contributed by atoms with Gasteiger partial charge in [-0.05, 0) is 61.2 Å². The lowest BCUT2D eigenvalue weighted by Crippen LogP contribution is -2.43. The molecule has 10 nitrogen and oxygen atoms in total. The van der Waals surface area contributed by atoms with Crippen LogP contribution in [-0.2, 0) is 9.59 Å². The highest BCUT2D eigenvalue weighted by Gasteiger charge is 2.46. The first-order chi connectivity index (χ1) is 15.4. The zero-order valence-corrected chi connectivity index (χ0v) is 18.1. The Morgan fingerprint density at radius 1 is 1.19 bits per heavy atom. The zero-order valence-electron chi connectivity index (χ0n) is 18.1. The number of piperidine rings is 1. The molecule has 168 valence electrons. The van der Waals surface area contributed by atoms with E-state index in [0.29, 0.717) is 38.2 Å². The fourth-order valence-electron chi connectivity index (χ4n) is 5.14. The first kappa shape index (κ1) is 20.9. The van der Waals surface area contributed by atoms with Crippen molar-refractivity contribution in [3.63, 3.8) is 0 Å². The molecule has 3 aliphatic rings. The quantitative estimate of drug-likeness (QED) is 0.735. The van der Waals surface area contributed by atoms with Gasteiger partial charge in [0.15, 0.2) is 11.6 Å². The van der Waals surface area contributed by atoms with E-state index in [9.17, 15) is 14.7 Å². The summed E-state index contributed by atoms with van der Waals surface area (Å²) in [6.45, 7) is 4.79. The number of hydrogen-bond donors (Lipinski definition) is 1. The lowest BCUT2D eigenvalue weighted by Gasteiger charge is -2.39. The molecule has 2 saturated heterocycles. The number of rotatable bonds is 5. The molecule has 0 aromatic carbocycles. The van der Waals surface area contributed by atoms with Crippen LogP contribution < -0.4 is 0 Å². The van der Waals surface area contributed by atoms with Crippen LogP contribution in [0.3, 0.4) is 0 Å². The van der Waals surface area contributed by atoms with Gasteiger partial charge >= 0.3 is 0 Å². The smallest absolute Gasteiger partial charge is 0.227 e. The molecular weight excluding hydrogens is 410 g/mol. The minimum absolute atomic E-state index is 0.0179. The molecule has 2 aliphatic heterocycles. The van der Waals surface area contributed by atoms with E-state index in [-0.39, 0.29) is 17.1 Å². The largest absolute Gasteiger partial charge is 0.387 e. The number of aliphatic hydroxyl groups excluding tert-OH is 1. The summed E-state index contributed by atoms with van der Waals surface area (Å²) in [5.74, 6) is 0.870. The number of amides is 1. The predicted molar refractivity (Wildman–Crippen MR) is 113 cm³/mol. The van der Waals surface area contributed by atoms with E-state index < -0.39 is 6.10 Å². The number of aromatic nitrogens is 5. The van der Waals surface area contributed by atoms with Crippen LogP contribution in [-0.4, -0.2) is 78.0 Å². The van der Waals surface area contributed by atoms with Crippen LogP contribution in [0.2, 0.25) is 0 Å². The van der Waals surface area contributed by atoms with E-state index in [1.165, 1.54) is 11.0 Å². The number of likely N-dealkylation sites (tertiary alicyclic amines) is 2. The molecule has 1 amide bonds. The predicted octanol–water partition coefficient (Wildman–Crippen LogP) is 0.960. The van der Waals surface area contributed by atoms with Gasteiger partial charge in [0.25, 0.3) is 0 Å². The van der Waals surface area contributed by atoms with E-state index in [4.69, 9.17) is 0 Å². The Balaban J connectivity index is 1.19. The minimum Gasteiger partial charge on any atom is -0.387 e. The Morgan fingerprint density at radius 2 is 2.00 bits per heavy atom. The Labute approximate surface area is 185 Å². The van der Waals surface area contributed by atoms with Crippen molar-refractivity contribution in [1.82, 2.24) is 35.0 Å². The molecule has 1 N–H and O–H groups in total. The van der Waals surface area contributed by atoms with Crippen LogP contribution in [0.1, 0.15) is 49.5 Å². The van der Waals surface area contributed by atoms with E-state index >= 15 is 0 Å². The van der Waals surface area contributed by atoms with Gasteiger partial charge in [0, 0.05) is 49.0 Å². The number of hydrogen-bond acceptors (Lipinski definition) is 8. The van der Waals surface area contributed by atoms with Crippen molar-refractivity contribution in [2.75, 3.05) is 26.2 Å². The van der Waals surface area contributed by atoms with Crippen molar-refractivity contribution in [3.8, 4) is 5.82 Å². The normalized spacial score (nSPS) is 22.1. The molecule has 1 unspecified atom stereocenters. The maximum absolute atomic E-state index is 12.6. The highest BCUT2D eigenvalue weighted by atomic mass is 16.3. The van der Waals surface area contributed by atoms with Gasteiger partial charge in [-0.25, -0.2) is 4.98 Å². The molecule has 2 aromatic rings. The van der Waals surface area contributed by atoms with Gasteiger partial charge in [0.05, 0.1) is 6.10 Å². The number of pyridine rings is 1. The third-order valence-corrected chi connectivity index (χ3v) is 7.03. The molecule has 2 fully saturated rings. The van der Waals surface area contributed by atoms with Crippen molar-refractivity contribution < 1.29 is 14.7 Å². The van der Waals surface area contributed by atoms with Crippen molar-refractivity contribution in [3.05, 3.63) is 41.5 Å². The molecule has 10 heteroatoms. The molecule has 0 saturated carbocycles. The molecular formula is C22H27N7O3. The van der Waals surface area contributed by atoms with Gasteiger partial charge in [-0.2, -0.15) is 4.68 Å². The molecule has 1 spiro atoms. The minimum atomic E-state index is -0.643. The van der Waals surface area contributed by atoms with E-state index in [1.807, 2.05) is 17.9 Å². The fourth-order valence-corrected chi connectivity index (χ4v) is 5.14. The first-order valence-electron chi connectivity index (χ1n) is 11.1. The number of carbonyl (C=O) groups excluding carboxylic acids is 2. The SMILES string of the molecule is Cc1nc(-n2cnnn2)ccc1C(O)CN1CCC2(CC1)CC(=O)N(C1=CC(=O)CC1)C2. The highest BCUT2D eigenvalue weighted by Crippen LogP contribution is 2.43. The van der Waals surface area contributed by atoms with E-state index in [0.717, 1.165) is 42.9 Å². The molecule has 1 aliphatic carbocycles. The van der Waals surface area contributed by atoms with Crippen LogP contribution in [0, 0.1) is 12.3 Å². The molecule has 2 aromatic heterocycles. The summed E-state index contributed by atoms with van der Waals surface area (Å²) in [6, 6.07) is 3.67. The Hall–Kier alpha value is -2.98. The van der Waals surface area contributed by atoms with E-state index in [1.54, 1.807) is 12.1 Å². The average Bonchev–Trinajstić information content (AvgIpc) is 3.51. The lowest BCUT2D eigenvalue weighted by atomic mass is 9.77. The monoisotopic (exact) mass is 437 g/mol. The number of aliphatic hydroxyl groups is 1. The maximum atomic E-state index is 12.6. The number of carbonyl (C=O) groups is 2. The molecule has 0 radical (unpaired) electrons. The van der Waals surface area contributed by atoms with Crippen molar-refractivity contribution in [1.29, 1.82) is 0 Å². The summed E-state index contributed by atoms with van der Waals surface area (Å²) >= 11 is 0. The Morgan fingerprint density at radius 3 is 2.66 bits per heavy atom. The van der Waals surface area contributed by atoms with Crippen LogP contribution in [0.15, 0.2) is 30.2 Å². The molecule has 4 heterocycles. The van der Waals surface area contributed by atoms with Crippen LogP contribution >= 0.6 is 0 Å². The standard InChI is InChI=1S/C22H27N7O3/c1-15-18(4-5-20(24-15)29-14-23-25-26-29)19(31)12-27-8-6-22(7-9-27)11-21(32)28(13-22)16-2-3-17(30)10-16/h4-5,10,14,19,31H,2-3,6-9,11-13H2,1H3. The summed E-state index contributed by atoms with van der Waals surface area (Å²) in [6.07, 6.45) is 6.06. The first-order valence-corrected chi connectivity index (χ1v) is 11.1. The van der Waals surface area contributed by atoms with Gasteiger partial charge in [-0.3, -0.25) is 9.59 Å². The molecule has 5 rings (SSSR count). The zero-order chi connectivity index (χ0) is 22.3. The van der Waals surface area contributed by atoms with Gasteiger partial charge in [0.2, 0.25) is 5.91 Å². The van der Waals surface area contributed by atoms with Gasteiger partial charge in [-0.1, -0.05) is 6.07 Å². The second-order valence-corrected chi connectivity index (χ2v) is 9.17. The fraction of sp³-hybridized carbons (Fsp3) is 0.545. The summed E-state index contributed by atoms with van der Waals surface area (Å²) in [4.78, 5) is 32.8. The van der Waals surface area contributed by atoms with Crippen molar-refractivity contribution in [2.45, 2.75) is 45.1 Å². The number of aryl methyl sites for hydroxylation is 1. The summed E-state index contributed by atoms with van der Waals surface area (Å²) in [5, 5.41) is 21.9. The number of allylic oxidation sites excluding steroid dienone is 2. The average molecular weight is 438 g/mol. The molecule has 32 heavy (non-hydrogen) atoms. The molecule has 0 bridgehead atoms. The second-order valence-electron chi connectivity index (χ2n) is 9.17.